The summed E-state index contributed by atoms with van der Waals surface area (Å²) in [5, 5.41) is 15.2. The van der Waals surface area contributed by atoms with Crippen LogP contribution >= 0.6 is 0 Å². The van der Waals surface area contributed by atoms with E-state index in [1.54, 1.807) is 20.9 Å². The topological polar surface area (TPSA) is 138 Å². The van der Waals surface area contributed by atoms with E-state index in [1.165, 1.54) is 17.7 Å². The second kappa shape index (κ2) is 14.3. The summed E-state index contributed by atoms with van der Waals surface area (Å²) in [6.45, 7) is 13.2. The Kier molecular flexibility index (Phi) is 13.0. The first kappa shape index (κ1) is 31.8. The number of benzene rings is 1. The number of carbonyl (C=O) groups is 1. The Balaban J connectivity index is 0. The highest BCUT2D eigenvalue weighted by molar-refractivity contribution is 6.19. The maximum absolute atomic E-state index is 12.2. The third kappa shape index (κ3) is 10.3. The molecule has 1 aromatic rings. The quantitative estimate of drug-likeness (QED) is 0.164. The number of nitrogens with one attached hydrogen (secondary N) is 3. The Morgan fingerprint density at radius 2 is 1.86 bits per heavy atom. The number of hydrogen-bond acceptors (Lipinski definition) is 6. The Morgan fingerprint density at radius 1 is 1.29 bits per heavy atom. The first-order valence-electron chi connectivity index (χ1n) is 11.4. The van der Waals surface area contributed by atoms with Gasteiger partial charge < -0.3 is 21.5 Å². The number of methoxy groups -OCH3 is 1. The van der Waals surface area contributed by atoms with Gasteiger partial charge in [-0.2, -0.15) is 0 Å². The van der Waals surface area contributed by atoms with Gasteiger partial charge in [0.1, 0.15) is 17.1 Å². The van der Waals surface area contributed by atoms with Gasteiger partial charge in [0.15, 0.2) is 0 Å². The van der Waals surface area contributed by atoms with Gasteiger partial charge in [-0.3, -0.25) is 15.2 Å². The van der Waals surface area contributed by atoms with Crippen molar-refractivity contribution in [1.82, 2.24) is 21.8 Å². The number of amides is 1. The number of nitrogens with zero attached hydrogens (tertiary/aromatic N) is 1. The molecule has 1 aliphatic carbocycles. The van der Waals surface area contributed by atoms with Crippen molar-refractivity contribution in [1.29, 1.82) is 5.41 Å². The molecule has 35 heavy (non-hydrogen) atoms. The van der Waals surface area contributed by atoms with Gasteiger partial charge in [-0.1, -0.05) is 68.5 Å². The van der Waals surface area contributed by atoms with Gasteiger partial charge in [0.05, 0.1) is 0 Å². The van der Waals surface area contributed by atoms with Gasteiger partial charge in [-0.05, 0) is 38.5 Å². The highest BCUT2D eigenvalue weighted by Crippen LogP contribution is 2.26. The zero-order valence-electron chi connectivity index (χ0n) is 22.2. The van der Waals surface area contributed by atoms with Crippen LogP contribution in [0.2, 0.25) is 0 Å². The largest absolute Gasteiger partial charge is 0.369 e. The van der Waals surface area contributed by atoms with Crippen LogP contribution in [0.1, 0.15) is 48.0 Å². The Hall–Kier alpha value is -3.20. The average molecular weight is 486 g/mol. The maximum atomic E-state index is 12.2. The van der Waals surface area contributed by atoms with E-state index in [4.69, 9.17) is 16.0 Å². The Bertz CT molecular complexity index is 954. The van der Waals surface area contributed by atoms with Crippen LogP contribution in [0.3, 0.4) is 0 Å². The highest BCUT2D eigenvalue weighted by atomic mass is 16.5. The molecule has 8 N–H and O–H groups in total. The molecule has 1 aliphatic heterocycles. The molecule has 3 rings (SSSR count). The van der Waals surface area contributed by atoms with E-state index >= 15 is 0 Å². The fraction of sp³-hybridized carbons (Fsp3) is 0.370. The number of hydrogen-bond donors (Lipinski definition) is 5. The lowest BCUT2D eigenvalue weighted by Crippen LogP contribution is -2.60. The van der Waals surface area contributed by atoms with E-state index in [9.17, 15) is 4.79 Å². The van der Waals surface area contributed by atoms with Crippen LogP contribution in [-0.2, 0) is 9.53 Å². The monoisotopic (exact) mass is 485 g/mol. The number of amidine groups is 1. The molecule has 8 heteroatoms. The van der Waals surface area contributed by atoms with Gasteiger partial charge >= 0.3 is 0 Å². The summed E-state index contributed by atoms with van der Waals surface area (Å²) in [5.74, 6) is 5.50. The minimum atomic E-state index is -0.841. The molecule has 1 heterocycles. The van der Waals surface area contributed by atoms with Gasteiger partial charge in [0.25, 0.3) is 5.91 Å². The van der Waals surface area contributed by atoms with Crippen molar-refractivity contribution in [2.24, 2.45) is 5.84 Å². The van der Waals surface area contributed by atoms with Crippen molar-refractivity contribution in [2.45, 2.75) is 52.3 Å². The van der Waals surface area contributed by atoms with E-state index in [2.05, 4.69) is 29.7 Å². The second-order valence-corrected chi connectivity index (χ2v) is 8.44. The average Bonchev–Trinajstić information content (AvgIpc) is 3.64. The van der Waals surface area contributed by atoms with Crippen LogP contribution in [0.25, 0.3) is 5.57 Å². The molecule has 0 bridgehead atoms. The summed E-state index contributed by atoms with van der Waals surface area (Å²) in [6, 6.07) is 9.54. The van der Waals surface area contributed by atoms with E-state index in [1.807, 2.05) is 69.3 Å². The van der Waals surface area contributed by atoms with Crippen LogP contribution in [0, 0.1) is 11.8 Å². The maximum Gasteiger partial charge on any atom is 0.253 e. The zero-order valence-corrected chi connectivity index (χ0v) is 22.2. The lowest BCUT2D eigenvalue weighted by molar-refractivity contribution is -0.141. The molecule has 0 spiro atoms. The molecule has 0 fully saturated rings. The molecule has 8 nitrogen and oxygen atoms in total. The van der Waals surface area contributed by atoms with Crippen molar-refractivity contribution in [2.75, 3.05) is 14.2 Å². The SMILES string of the molecule is C=C(C(=N)N(C)N)c1ccccc1.CC.COC(C)(C)C(=O)NC1(C)C=CC=C(CC2=C[CH]2)N1.N.[HH]. The Morgan fingerprint density at radius 3 is 2.34 bits per heavy atom. The van der Waals surface area contributed by atoms with Crippen LogP contribution in [-0.4, -0.2) is 42.2 Å². The van der Waals surface area contributed by atoms with Crippen molar-refractivity contribution in [3.63, 3.8) is 0 Å². The number of rotatable bonds is 7. The predicted octanol–water partition coefficient (Wildman–Crippen LogP) is 4.74. The molecular weight excluding hydrogens is 440 g/mol. The first-order chi connectivity index (χ1) is 16.0. The summed E-state index contributed by atoms with van der Waals surface area (Å²) >= 11 is 0. The molecule has 1 unspecified atom stereocenters. The van der Waals surface area contributed by atoms with Gasteiger partial charge in [0, 0.05) is 39.7 Å². The van der Waals surface area contributed by atoms with Gasteiger partial charge in [-0.25, -0.2) is 5.84 Å². The minimum Gasteiger partial charge on any atom is -0.369 e. The van der Waals surface area contributed by atoms with Crippen molar-refractivity contribution in [3.8, 4) is 0 Å². The first-order valence-corrected chi connectivity index (χ1v) is 11.4. The second-order valence-electron chi connectivity index (χ2n) is 8.44. The van der Waals surface area contributed by atoms with E-state index < -0.39 is 11.3 Å². The number of allylic oxidation sites excluding steroid dienone is 4. The summed E-state index contributed by atoms with van der Waals surface area (Å²) in [4.78, 5) is 12.2. The van der Waals surface area contributed by atoms with Gasteiger partial charge in [-0.15, -0.1) is 0 Å². The lowest BCUT2D eigenvalue weighted by Gasteiger charge is -2.36. The van der Waals surface area contributed by atoms with E-state index in [-0.39, 0.29) is 19.3 Å². The van der Waals surface area contributed by atoms with Crippen molar-refractivity contribution >= 4 is 17.3 Å². The number of carbonyl (C=O) groups excluding carboxylic acids is 1. The third-order valence-electron chi connectivity index (χ3n) is 5.14. The highest BCUT2D eigenvalue weighted by Gasteiger charge is 2.34. The third-order valence-corrected chi connectivity index (χ3v) is 5.14. The zero-order chi connectivity index (χ0) is 25.9. The molecule has 1 atom stereocenters. The Labute approximate surface area is 212 Å². The molecule has 1 aromatic carbocycles. The number of likely N-dealkylation sites (N-methyl/N-ethyl adjacent to an activating group) is 1. The smallest absolute Gasteiger partial charge is 0.253 e. The normalized spacial score (nSPS) is 17.4. The fourth-order valence-electron chi connectivity index (χ4n) is 2.81. The predicted molar refractivity (Wildman–Crippen MR) is 149 cm³/mol. The number of ether oxygens (including phenoxy) is 1. The number of nitrogens with two attached hydrogens (primary N) is 1. The molecule has 1 amide bonds. The van der Waals surface area contributed by atoms with Crippen molar-refractivity contribution in [3.05, 3.63) is 84.5 Å². The molecule has 1 radical (unpaired) electrons. The summed E-state index contributed by atoms with van der Waals surface area (Å²) < 4.78 is 5.19. The summed E-state index contributed by atoms with van der Waals surface area (Å²) in [7, 11) is 3.16. The van der Waals surface area contributed by atoms with E-state index in [0.717, 1.165) is 17.7 Å². The number of hydrazine groups is 1. The standard InChI is InChI=1S/C15H21N2O2.C10H13N3.C2H6.H3N.H2/c1-14(2,19-4)13(18)17-15(3)9-5-6-12(16-15)10-11-7-8-11;1-8(10(11)13(2)12)9-6-4-3-5-7-9;1-2;;/h5-9,16H,10H2,1-4H3,(H,17,18);3-7,11H,1,12H2,2H3;1-2H3;1H3;1H. The lowest BCUT2D eigenvalue weighted by atomic mass is 10.0. The molecular formula is C27H45N6O2. The summed E-state index contributed by atoms with van der Waals surface area (Å²) in [5.41, 5.74) is 2.55. The molecule has 0 aromatic heterocycles. The van der Waals surface area contributed by atoms with Gasteiger partial charge in [0.2, 0.25) is 0 Å². The van der Waals surface area contributed by atoms with Crippen molar-refractivity contribution < 1.29 is 11.0 Å². The molecule has 2 aliphatic rings. The molecule has 195 valence electrons. The number of dihydropyridines is 1. The minimum absolute atomic E-state index is 0. The van der Waals surface area contributed by atoms with Crippen LogP contribution in [0.15, 0.2) is 72.5 Å². The molecule has 0 saturated heterocycles. The van der Waals surface area contributed by atoms with Crippen LogP contribution in [0.4, 0.5) is 0 Å². The van der Waals surface area contributed by atoms with Crippen LogP contribution < -0.4 is 22.6 Å². The fourth-order valence-corrected chi connectivity index (χ4v) is 2.81. The van der Waals surface area contributed by atoms with Crippen LogP contribution in [0.5, 0.6) is 0 Å². The summed E-state index contributed by atoms with van der Waals surface area (Å²) in [6.07, 6.45) is 11.0. The van der Waals surface area contributed by atoms with E-state index in [0.29, 0.717) is 5.57 Å². The molecule has 0 saturated carbocycles.